The number of hydrogen-bond acceptors (Lipinski definition) is 2. The maximum absolute atomic E-state index is 10.6. The summed E-state index contributed by atoms with van der Waals surface area (Å²) in [4.78, 5) is 0. The molecule has 6 aromatic carbocycles. The van der Waals surface area contributed by atoms with Gasteiger partial charge in [0.05, 0.1) is 0 Å². The number of rotatable bonds is 1. The molecule has 0 aliphatic heterocycles. The predicted molar refractivity (Wildman–Crippen MR) is 125 cm³/mol. The van der Waals surface area contributed by atoms with Gasteiger partial charge in [0.1, 0.15) is 11.5 Å². The van der Waals surface area contributed by atoms with Gasteiger partial charge in [-0.2, -0.15) is 0 Å². The summed E-state index contributed by atoms with van der Waals surface area (Å²) >= 11 is 0. The lowest BCUT2D eigenvalue weighted by Gasteiger charge is -2.16. The van der Waals surface area contributed by atoms with Crippen molar-refractivity contribution in [1.29, 1.82) is 0 Å². The van der Waals surface area contributed by atoms with Crippen molar-refractivity contribution in [2.24, 2.45) is 0 Å². The Morgan fingerprint density at radius 3 is 1.10 bits per heavy atom. The van der Waals surface area contributed by atoms with Gasteiger partial charge in [-0.25, -0.2) is 0 Å². The van der Waals surface area contributed by atoms with E-state index in [4.69, 9.17) is 0 Å². The van der Waals surface area contributed by atoms with Crippen LogP contribution in [0.3, 0.4) is 0 Å². The van der Waals surface area contributed by atoms with E-state index in [2.05, 4.69) is 36.4 Å². The summed E-state index contributed by atoms with van der Waals surface area (Å²) in [5.41, 5.74) is 2.09. The molecule has 0 aliphatic carbocycles. The average Bonchev–Trinajstić information content (AvgIpc) is 2.79. The maximum atomic E-state index is 10.6. The highest BCUT2D eigenvalue weighted by Crippen LogP contribution is 2.43. The van der Waals surface area contributed by atoms with Crippen molar-refractivity contribution >= 4 is 43.1 Å². The lowest BCUT2D eigenvalue weighted by atomic mass is 9.88. The molecule has 0 saturated carbocycles. The molecule has 0 aliphatic rings. The van der Waals surface area contributed by atoms with E-state index in [0.717, 1.165) is 54.2 Å². The molecule has 0 aromatic heterocycles. The van der Waals surface area contributed by atoms with Gasteiger partial charge in [-0.15, -0.1) is 0 Å². The SMILES string of the molecule is Oc1cccc2c1cc(-c1cc3c(O)cccc3c3ccccc13)c1ccccc12. The largest absolute Gasteiger partial charge is 0.507 e. The second-order valence-corrected chi connectivity index (χ2v) is 7.68. The van der Waals surface area contributed by atoms with Crippen LogP contribution in [0.25, 0.3) is 54.2 Å². The molecular formula is C28H18O2. The zero-order valence-corrected chi connectivity index (χ0v) is 16.1. The predicted octanol–water partition coefficient (Wildman–Crippen LogP) is 7.38. The second-order valence-electron chi connectivity index (χ2n) is 7.68. The third-order valence-electron chi connectivity index (χ3n) is 6.05. The summed E-state index contributed by atoms with van der Waals surface area (Å²) in [7, 11) is 0. The Hall–Kier alpha value is -4.04. The van der Waals surface area contributed by atoms with Gasteiger partial charge >= 0.3 is 0 Å². The molecule has 0 radical (unpaired) electrons. The van der Waals surface area contributed by atoms with Crippen molar-refractivity contribution in [1.82, 2.24) is 0 Å². The smallest absolute Gasteiger partial charge is 0.123 e. The molecule has 0 heterocycles. The monoisotopic (exact) mass is 386 g/mol. The van der Waals surface area contributed by atoms with Crippen molar-refractivity contribution in [2.45, 2.75) is 0 Å². The molecular weight excluding hydrogens is 368 g/mol. The van der Waals surface area contributed by atoms with Crippen LogP contribution in [-0.4, -0.2) is 10.2 Å². The van der Waals surface area contributed by atoms with Crippen molar-refractivity contribution in [3.05, 3.63) is 97.1 Å². The topological polar surface area (TPSA) is 40.5 Å². The Kier molecular flexibility index (Phi) is 3.50. The van der Waals surface area contributed by atoms with Gasteiger partial charge in [-0.05, 0) is 67.7 Å². The molecule has 2 N–H and O–H groups in total. The highest BCUT2D eigenvalue weighted by atomic mass is 16.3. The molecule has 0 fully saturated rings. The number of benzene rings is 6. The Morgan fingerprint density at radius 1 is 0.333 bits per heavy atom. The highest BCUT2D eigenvalue weighted by molar-refractivity contribution is 6.21. The fourth-order valence-corrected chi connectivity index (χ4v) is 4.67. The first-order valence-electron chi connectivity index (χ1n) is 9.99. The molecule has 6 aromatic rings. The van der Waals surface area contributed by atoms with E-state index < -0.39 is 0 Å². The number of hydrogen-bond donors (Lipinski definition) is 2. The van der Waals surface area contributed by atoms with Crippen LogP contribution in [0.4, 0.5) is 0 Å². The van der Waals surface area contributed by atoms with Gasteiger partial charge in [-0.3, -0.25) is 0 Å². The number of aromatic hydroxyl groups is 2. The minimum atomic E-state index is 0.271. The molecule has 0 saturated heterocycles. The van der Waals surface area contributed by atoms with Crippen molar-refractivity contribution in [2.75, 3.05) is 0 Å². The van der Waals surface area contributed by atoms with Crippen LogP contribution in [-0.2, 0) is 0 Å². The maximum Gasteiger partial charge on any atom is 0.123 e. The normalized spacial score (nSPS) is 11.6. The Morgan fingerprint density at radius 2 is 0.667 bits per heavy atom. The Labute approximate surface area is 173 Å². The average molecular weight is 386 g/mol. The minimum absolute atomic E-state index is 0.271. The molecule has 0 bridgehead atoms. The van der Waals surface area contributed by atoms with Crippen LogP contribution < -0.4 is 0 Å². The lowest BCUT2D eigenvalue weighted by Crippen LogP contribution is -1.88. The Balaban J connectivity index is 1.86. The zero-order valence-electron chi connectivity index (χ0n) is 16.1. The van der Waals surface area contributed by atoms with E-state index in [1.807, 2.05) is 48.5 Å². The Bertz CT molecular complexity index is 1490. The highest BCUT2D eigenvalue weighted by Gasteiger charge is 2.15. The molecule has 2 nitrogen and oxygen atoms in total. The van der Waals surface area contributed by atoms with Crippen molar-refractivity contribution in [3.8, 4) is 22.6 Å². The molecule has 0 amide bonds. The summed E-state index contributed by atoms with van der Waals surface area (Å²) < 4.78 is 0. The van der Waals surface area contributed by atoms with E-state index in [1.165, 1.54) is 0 Å². The second kappa shape index (κ2) is 6.23. The van der Waals surface area contributed by atoms with Gasteiger partial charge in [0.25, 0.3) is 0 Å². The van der Waals surface area contributed by atoms with Crippen molar-refractivity contribution < 1.29 is 10.2 Å². The molecule has 30 heavy (non-hydrogen) atoms. The first kappa shape index (κ1) is 16.9. The molecule has 6 rings (SSSR count). The molecule has 0 spiro atoms. The van der Waals surface area contributed by atoms with Gasteiger partial charge in [0, 0.05) is 10.8 Å². The van der Waals surface area contributed by atoms with Gasteiger partial charge < -0.3 is 10.2 Å². The first-order chi connectivity index (χ1) is 14.7. The number of fused-ring (bicyclic) bond motifs is 6. The summed E-state index contributed by atoms with van der Waals surface area (Å²) in [6.07, 6.45) is 0. The quantitative estimate of drug-likeness (QED) is 0.289. The molecule has 2 heteroatoms. The van der Waals surface area contributed by atoms with Crippen LogP contribution in [0, 0.1) is 0 Å². The van der Waals surface area contributed by atoms with E-state index in [9.17, 15) is 10.2 Å². The van der Waals surface area contributed by atoms with E-state index in [0.29, 0.717) is 0 Å². The summed E-state index contributed by atoms with van der Waals surface area (Å²) in [6, 6.07) is 32.0. The third kappa shape index (κ3) is 2.31. The summed E-state index contributed by atoms with van der Waals surface area (Å²) in [5, 5.41) is 29.3. The van der Waals surface area contributed by atoms with E-state index in [-0.39, 0.29) is 11.5 Å². The minimum Gasteiger partial charge on any atom is -0.507 e. The van der Waals surface area contributed by atoms with Crippen LogP contribution in [0.2, 0.25) is 0 Å². The van der Waals surface area contributed by atoms with Gasteiger partial charge in [0.15, 0.2) is 0 Å². The van der Waals surface area contributed by atoms with Crippen molar-refractivity contribution in [3.63, 3.8) is 0 Å². The summed E-state index contributed by atoms with van der Waals surface area (Å²) in [5.74, 6) is 0.542. The first-order valence-corrected chi connectivity index (χ1v) is 9.99. The lowest BCUT2D eigenvalue weighted by molar-refractivity contribution is 0.481. The van der Waals surface area contributed by atoms with Crippen LogP contribution in [0.5, 0.6) is 11.5 Å². The van der Waals surface area contributed by atoms with Crippen LogP contribution >= 0.6 is 0 Å². The van der Waals surface area contributed by atoms with Crippen LogP contribution in [0.15, 0.2) is 97.1 Å². The molecule has 0 atom stereocenters. The van der Waals surface area contributed by atoms with Gasteiger partial charge in [-0.1, -0.05) is 72.8 Å². The molecule has 142 valence electrons. The van der Waals surface area contributed by atoms with Gasteiger partial charge in [0.2, 0.25) is 0 Å². The zero-order chi connectivity index (χ0) is 20.2. The fraction of sp³-hybridized carbons (Fsp3) is 0. The summed E-state index contributed by atoms with van der Waals surface area (Å²) in [6.45, 7) is 0. The third-order valence-corrected chi connectivity index (χ3v) is 6.05. The molecule has 0 unspecified atom stereocenters. The standard InChI is InChI=1S/C28H18O2/c29-27-13-5-11-21-17-7-1-3-9-19(17)23(15-25(21)27)24-16-26-22(12-6-14-28(26)30)18-8-2-4-10-20(18)24/h1-16,29-30H. The fourth-order valence-electron chi connectivity index (χ4n) is 4.67. The van der Waals surface area contributed by atoms with Crippen LogP contribution in [0.1, 0.15) is 0 Å². The van der Waals surface area contributed by atoms with E-state index >= 15 is 0 Å². The number of phenols is 2. The van der Waals surface area contributed by atoms with E-state index in [1.54, 1.807) is 12.1 Å². The number of phenolic OH excluding ortho intramolecular Hbond substituents is 2.